The lowest BCUT2D eigenvalue weighted by molar-refractivity contribution is -0.137. The first-order chi connectivity index (χ1) is 16.0. The van der Waals surface area contributed by atoms with Crippen molar-refractivity contribution >= 4 is 46.2 Å². The van der Waals surface area contributed by atoms with Crippen LogP contribution in [-0.2, 0) is 20.7 Å². The van der Waals surface area contributed by atoms with Crippen LogP contribution in [0.2, 0.25) is 0 Å². The number of rotatable bonds is 12. The first kappa shape index (κ1) is 26.8. The number of ether oxygens (including phenoxy) is 3. The first-order valence-electron chi connectivity index (χ1n) is 10.4. The summed E-state index contributed by atoms with van der Waals surface area (Å²) in [5.41, 5.74) is 0.856. The summed E-state index contributed by atoms with van der Waals surface area (Å²) in [6.45, 7) is 2.53. The van der Waals surface area contributed by atoms with Crippen LogP contribution < -0.4 is 9.47 Å². The number of halogens is 1. The van der Waals surface area contributed by atoms with Gasteiger partial charge >= 0.3 is 5.97 Å². The molecule has 0 saturated carbocycles. The normalized spacial score (nSPS) is 11.0. The van der Waals surface area contributed by atoms with Crippen LogP contribution in [0.3, 0.4) is 0 Å². The van der Waals surface area contributed by atoms with Crippen molar-refractivity contribution in [2.75, 3.05) is 27.4 Å². The van der Waals surface area contributed by atoms with Crippen LogP contribution in [0.4, 0.5) is 0 Å². The maximum atomic E-state index is 13.2. The molecule has 176 valence electrons. The predicted molar refractivity (Wildman–Crippen MR) is 140 cm³/mol. The van der Waals surface area contributed by atoms with Gasteiger partial charge < -0.3 is 19.1 Å². The molecule has 0 aliphatic heterocycles. The van der Waals surface area contributed by atoms with Gasteiger partial charge in [0.15, 0.2) is 11.5 Å². The standard InChI is InChI=1S/C25H28INO5S/c1-4-32-25(29)12-8-9-13-27(14-15-33-20-10-6-5-7-11-20)24(28)17-19-16-22(30-2)23(31-3)18-21(19)26/h5-8,10-12,14-16,18H,4,9,13,17H2,1-3H3/b12-8+,15-14+. The highest BCUT2D eigenvalue weighted by Crippen LogP contribution is 2.31. The molecule has 0 unspecified atom stereocenters. The Kier molecular flexibility index (Phi) is 11.9. The Morgan fingerprint density at radius 3 is 2.45 bits per heavy atom. The monoisotopic (exact) mass is 581 g/mol. The van der Waals surface area contributed by atoms with Crippen LogP contribution in [0.25, 0.3) is 0 Å². The Morgan fingerprint density at radius 2 is 1.79 bits per heavy atom. The van der Waals surface area contributed by atoms with Crippen molar-refractivity contribution in [3.05, 3.63) is 75.4 Å². The lowest BCUT2D eigenvalue weighted by Gasteiger charge is -2.19. The zero-order valence-corrected chi connectivity index (χ0v) is 21.9. The Morgan fingerprint density at radius 1 is 1.09 bits per heavy atom. The van der Waals surface area contributed by atoms with Crippen molar-refractivity contribution in [3.8, 4) is 11.5 Å². The molecule has 6 nitrogen and oxygen atoms in total. The topological polar surface area (TPSA) is 65.1 Å². The third kappa shape index (κ3) is 9.13. The minimum absolute atomic E-state index is 0.0606. The van der Waals surface area contributed by atoms with Gasteiger partial charge in [-0.25, -0.2) is 4.79 Å². The number of benzene rings is 2. The fraction of sp³-hybridized carbons (Fsp3) is 0.280. The second-order valence-electron chi connectivity index (χ2n) is 6.72. The fourth-order valence-electron chi connectivity index (χ4n) is 2.84. The van der Waals surface area contributed by atoms with E-state index in [-0.39, 0.29) is 18.3 Å². The van der Waals surface area contributed by atoms with Crippen molar-refractivity contribution in [1.82, 2.24) is 4.90 Å². The molecule has 33 heavy (non-hydrogen) atoms. The van der Waals surface area contributed by atoms with Gasteiger partial charge in [-0.05, 0) is 71.2 Å². The molecule has 0 aromatic heterocycles. The van der Waals surface area contributed by atoms with E-state index < -0.39 is 0 Å². The van der Waals surface area contributed by atoms with Gasteiger partial charge in [0, 0.05) is 27.3 Å². The second-order valence-corrected chi connectivity index (χ2v) is 8.86. The average molecular weight is 581 g/mol. The van der Waals surface area contributed by atoms with Gasteiger partial charge in [0.1, 0.15) is 0 Å². The zero-order chi connectivity index (χ0) is 24.1. The summed E-state index contributed by atoms with van der Waals surface area (Å²) in [5.74, 6) is 0.762. The third-order valence-corrected chi connectivity index (χ3v) is 6.29. The van der Waals surface area contributed by atoms with E-state index in [1.807, 2.05) is 47.9 Å². The van der Waals surface area contributed by atoms with Gasteiger partial charge in [-0.3, -0.25) is 4.79 Å². The number of hydrogen-bond donors (Lipinski definition) is 0. The minimum atomic E-state index is -0.384. The van der Waals surface area contributed by atoms with E-state index in [1.54, 1.807) is 38.3 Å². The number of nitrogens with zero attached hydrogens (tertiary/aromatic N) is 1. The third-order valence-electron chi connectivity index (χ3n) is 4.48. The molecule has 1 amide bonds. The molecule has 8 heteroatoms. The van der Waals surface area contributed by atoms with Gasteiger partial charge in [0.2, 0.25) is 5.91 Å². The summed E-state index contributed by atoms with van der Waals surface area (Å²) < 4.78 is 16.5. The molecular weight excluding hydrogens is 553 g/mol. The van der Waals surface area contributed by atoms with Gasteiger partial charge in [-0.1, -0.05) is 36.0 Å². The Hall–Kier alpha value is -2.46. The molecule has 0 saturated heterocycles. The number of carbonyl (C=O) groups excluding carboxylic acids is 2. The summed E-state index contributed by atoms with van der Waals surface area (Å²) in [6.07, 6.45) is 5.63. The smallest absolute Gasteiger partial charge is 0.330 e. The average Bonchev–Trinajstić information content (AvgIpc) is 2.82. The summed E-state index contributed by atoms with van der Waals surface area (Å²) in [7, 11) is 3.15. The molecule has 0 N–H and O–H groups in total. The maximum absolute atomic E-state index is 13.2. The molecule has 0 aliphatic rings. The van der Waals surface area contributed by atoms with Crippen molar-refractivity contribution < 1.29 is 23.8 Å². The molecular formula is C25H28INO5S. The molecule has 0 bridgehead atoms. The number of hydrogen-bond acceptors (Lipinski definition) is 6. The molecule has 0 fully saturated rings. The lowest BCUT2D eigenvalue weighted by atomic mass is 10.1. The van der Waals surface area contributed by atoms with E-state index in [0.29, 0.717) is 31.1 Å². The molecule has 0 heterocycles. The van der Waals surface area contributed by atoms with Crippen LogP contribution in [-0.4, -0.2) is 44.1 Å². The van der Waals surface area contributed by atoms with Crippen LogP contribution in [0.15, 0.2) is 71.1 Å². The largest absolute Gasteiger partial charge is 0.493 e. The van der Waals surface area contributed by atoms with Crippen LogP contribution in [0, 0.1) is 3.57 Å². The summed E-state index contributed by atoms with van der Waals surface area (Å²) >= 11 is 3.73. The van der Waals surface area contributed by atoms with Crippen LogP contribution >= 0.6 is 34.4 Å². The Bertz CT molecular complexity index is 978. The quantitative estimate of drug-likeness (QED) is 0.144. The lowest BCUT2D eigenvalue weighted by Crippen LogP contribution is -2.28. The molecule has 0 aliphatic carbocycles. The van der Waals surface area contributed by atoms with E-state index in [4.69, 9.17) is 14.2 Å². The van der Waals surface area contributed by atoms with Crippen molar-refractivity contribution in [3.63, 3.8) is 0 Å². The van der Waals surface area contributed by atoms with E-state index in [1.165, 1.54) is 17.8 Å². The highest BCUT2D eigenvalue weighted by Gasteiger charge is 2.16. The number of esters is 1. The summed E-state index contributed by atoms with van der Waals surface area (Å²) in [5, 5.41) is 1.89. The van der Waals surface area contributed by atoms with Crippen molar-refractivity contribution in [2.45, 2.75) is 24.7 Å². The second kappa shape index (κ2) is 14.6. The van der Waals surface area contributed by atoms with Gasteiger partial charge in [0.25, 0.3) is 0 Å². The number of carbonyl (C=O) groups is 2. The zero-order valence-electron chi connectivity index (χ0n) is 19.0. The van der Waals surface area contributed by atoms with Crippen molar-refractivity contribution in [1.29, 1.82) is 0 Å². The van der Waals surface area contributed by atoms with Gasteiger partial charge in [-0.15, -0.1) is 0 Å². The summed E-state index contributed by atoms with van der Waals surface area (Å²) in [6, 6.07) is 13.6. The minimum Gasteiger partial charge on any atom is -0.493 e. The van der Waals surface area contributed by atoms with Crippen LogP contribution in [0.1, 0.15) is 18.9 Å². The van der Waals surface area contributed by atoms with Crippen molar-refractivity contribution in [2.24, 2.45) is 0 Å². The SMILES string of the molecule is CCOC(=O)/C=C/CCN(/C=C/Sc1ccccc1)C(=O)Cc1cc(OC)c(OC)cc1I. The Labute approximate surface area is 213 Å². The van der Waals surface area contributed by atoms with E-state index in [9.17, 15) is 9.59 Å². The highest BCUT2D eigenvalue weighted by molar-refractivity contribution is 14.1. The maximum Gasteiger partial charge on any atom is 0.330 e. The predicted octanol–water partition coefficient (Wildman–Crippen LogP) is 5.45. The van der Waals surface area contributed by atoms with Gasteiger partial charge in [0.05, 0.1) is 27.2 Å². The van der Waals surface area contributed by atoms with Gasteiger partial charge in [-0.2, -0.15) is 0 Å². The molecule has 0 radical (unpaired) electrons. The highest BCUT2D eigenvalue weighted by atomic mass is 127. The van der Waals surface area contributed by atoms with E-state index >= 15 is 0 Å². The van der Waals surface area contributed by atoms with E-state index in [2.05, 4.69) is 22.6 Å². The van der Waals surface area contributed by atoms with E-state index in [0.717, 1.165) is 14.0 Å². The molecule has 0 atom stereocenters. The molecule has 2 aromatic carbocycles. The summed E-state index contributed by atoms with van der Waals surface area (Å²) in [4.78, 5) is 27.4. The number of methoxy groups -OCH3 is 2. The molecule has 2 rings (SSSR count). The fourth-order valence-corrected chi connectivity index (χ4v) is 4.15. The first-order valence-corrected chi connectivity index (χ1v) is 12.4. The molecule has 2 aromatic rings. The van der Waals surface area contributed by atoms with Crippen LogP contribution in [0.5, 0.6) is 11.5 Å². The molecule has 0 spiro atoms. The number of thioether (sulfide) groups is 1. The number of amides is 1. The Balaban J connectivity index is 2.13.